The molecule has 0 spiro atoms. The Labute approximate surface area is 141 Å². The van der Waals surface area contributed by atoms with Crippen molar-refractivity contribution in [1.29, 1.82) is 0 Å². The summed E-state index contributed by atoms with van der Waals surface area (Å²) in [5, 5.41) is 3.37. The van der Waals surface area contributed by atoms with Gasteiger partial charge in [-0.2, -0.15) is 0 Å². The molecule has 6 heteroatoms. The number of aromatic nitrogens is 2. The maximum Gasteiger partial charge on any atom is 0.274 e. The topological polar surface area (TPSA) is 58.1 Å². The molecule has 1 aromatic carbocycles. The zero-order chi connectivity index (χ0) is 17.0. The molecule has 23 heavy (non-hydrogen) atoms. The van der Waals surface area contributed by atoms with E-state index in [1.807, 2.05) is 44.7 Å². The average molecular weight is 333 g/mol. The number of nitrogens with one attached hydrogen (secondary N) is 1. The van der Waals surface area contributed by atoms with Gasteiger partial charge < -0.3 is 10.2 Å². The SMILES string of the molecule is CCN(CC)c1nccc(C(=O)Nc2c(C)cc(C)cc2Cl)n1. The molecule has 2 aromatic rings. The molecule has 0 aliphatic carbocycles. The first-order valence-corrected chi connectivity index (χ1v) is 8.00. The molecule has 1 N–H and O–H groups in total. The van der Waals surface area contributed by atoms with Crippen molar-refractivity contribution in [3.63, 3.8) is 0 Å². The summed E-state index contributed by atoms with van der Waals surface area (Å²) in [6.07, 6.45) is 1.60. The molecule has 0 radical (unpaired) electrons. The summed E-state index contributed by atoms with van der Waals surface area (Å²) in [5.74, 6) is 0.254. The molecule has 0 aliphatic rings. The summed E-state index contributed by atoms with van der Waals surface area (Å²) in [5.41, 5.74) is 2.90. The van der Waals surface area contributed by atoms with Crippen LogP contribution < -0.4 is 10.2 Å². The first-order valence-electron chi connectivity index (χ1n) is 7.62. The van der Waals surface area contributed by atoms with Crippen LogP contribution >= 0.6 is 11.6 Å². The molecule has 0 fully saturated rings. The minimum atomic E-state index is -0.297. The lowest BCUT2D eigenvalue weighted by Crippen LogP contribution is -2.25. The molecule has 1 aromatic heterocycles. The first kappa shape index (κ1) is 17.2. The molecule has 0 unspecified atom stereocenters. The lowest BCUT2D eigenvalue weighted by Gasteiger charge is -2.18. The van der Waals surface area contributed by atoms with Gasteiger partial charge in [0.15, 0.2) is 0 Å². The van der Waals surface area contributed by atoms with Crippen molar-refractivity contribution >= 4 is 29.1 Å². The van der Waals surface area contributed by atoms with Crippen LogP contribution in [0.3, 0.4) is 0 Å². The van der Waals surface area contributed by atoms with Crippen LogP contribution in [0.15, 0.2) is 24.4 Å². The molecular formula is C17H21ClN4O. The van der Waals surface area contributed by atoms with Gasteiger partial charge in [0.25, 0.3) is 5.91 Å². The number of halogens is 1. The Morgan fingerprint density at radius 2 is 1.96 bits per heavy atom. The van der Waals surface area contributed by atoms with Crippen LogP contribution in [0.5, 0.6) is 0 Å². The number of carbonyl (C=O) groups excluding carboxylic acids is 1. The Bertz CT molecular complexity index is 690. The molecule has 0 bridgehead atoms. The van der Waals surface area contributed by atoms with Crippen LogP contribution in [0.1, 0.15) is 35.5 Å². The summed E-state index contributed by atoms with van der Waals surface area (Å²) in [4.78, 5) is 23.0. The van der Waals surface area contributed by atoms with Crippen LogP contribution in [0.2, 0.25) is 5.02 Å². The van der Waals surface area contributed by atoms with Gasteiger partial charge in [0.1, 0.15) is 5.69 Å². The Balaban J connectivity index is 2.27. The van der Waals surface area contributed by atoms with E-state index >= 15 is 0 Å². The van der Waals surface area contributed by atoms with Crippen molar-refractivity contribution in [1.82, 2.24) is 9.97 Å². The van der Waals surface area contributed by atoms with Gasteiger partial charge in [0.2, 0.25) is 5.95 Å². The second kappa shape index (κ2) is 7.42. The van der Waals surface area contributed by atoms with E-state index in [0.29, 0.717) is 22.4 Å². The molecular weight excluding hydrogens is 312 g/mol. The maximum atomic E-state index is 12.5. The Kier molecular flexibility index (Phi) is 5.55. The van der Waals surface area contributed by atoms with Gasteiger partial charge in [0, 0.05) is 19.3 Å². The highest BCUT2D eigenvalue weighted by molar-refractivity contribution is 6.34. The van der Waals surface area contributed by atoms with Gasteiger partial charge in [0.05, 0.1) is 10.7 Å². The van der Waals surface area contributed by atoms with E-state index in [1.54, 1.807) is 12.3 Å². The van der Waals surface area contributed by atoms with Crippen molar-refractivity contribution in [2.45, 2.75) is 27.7 Å². The van der Waals surface area contributed by atoms with Crippen molar-refractivity contribution < 1.29 is 4.79 Å². The third kappa shape index (κ3) is 3.99. The minimum Gasteiger partial charge on any atom is -0.341 e. The van der Waals surface area contributed by atoms with E-state index in [1.165, 1.54) is 0 Å². The normalized spacial score (nSPS) is 10.5. The zero-order valence-corrected chi connectivity index (χ0v) is 14.6. The lowest BCUT2D eigenvalue weighted by molar-refractivity contribution is 0.102. The molecule has 0 saturated carbocycles. The third-order valence-electron chi connectivity index (χ3n) is 3.59. The summed E-state index contributed by atoms with van der Waals surface area (Å²) < 4.78 is 0. The number of anilines is 2. The monoisotopic (exact) mass is 332 g/mol. The number of hydrogen-bond acceptors (Lipinski definition) is 4. The van der Waals surface area contributed by atoms with Gasteiger partial charge in [-0.1, -0.05) is 17.7 Å². The number of aryl methyl sites for hydroxylation is 2. The fourth-order valence-corrected chi connectivity index (χ4v) is 2.75. The number of carbonyl (C=O) groups is 1. The predicted octanol–water partition coefficient (Wildman–Crippen LogP) is 3.85. The van der Waals surface area contributed by atoms with E-state index < -0.39 is 0 Å². The van der Waals surface area contributed by atoms with E-state index in [2.05, 4.69) is 15.3 Å². The summed E-state index contributed by atoms with van der Waals surface area (Å²) >= 11 is 6.24. The van der Waals surface area contributed by atoms with E-state index in [0.717, 1.165) is 24.2 Å². The van der Waals surface area contributed by atoms with Gasteiger partial charge in [-0.25, -0.2) is 9.97 Å². The molecule has 2 rings (SSSR count). The minimum absolute atomic E-state index is 0.297. The summed E-state index contributed by atoms with van der Waals surface area (Å²) in [6, 6.07) is 5.40. The molecule has 0 saturated heterocycles. The van der Waals surface area contributed by atoms with Crippen LogP contribution in [-0.2, 0) is 0 Å². The van der Waals surface area contributed by atoms with Crippen molar-refractivity contribution in [2.75, 3.05) is 23.3 Å². The fraction of sp³-hybridized carbons (Fsp3) is 0.353. The molecule has 5 nitrogen and oxygen atoms in total. The quantitative estimate of drug-likeness (QED) is 0.903. The maximum absolute atomic E-state index is 12.5. The van der Waals surface area contributed by atoms with E-state index in [4.69, 9.17) is 11.6 Å². The van der Waals surface area contributed by atoms with Gasteiger partial charge in [-0.05, 0) is 51.0 Å². The number of benzene rings is 1. The van der Waals surface area contributed by atoms with Crippen LogP contribution in [0.4, 0.5) is 11.6 Å². The number of hydrogen-bond donors (Lipinski definition) is 1. The molecule has 0 atom stereocenters. The second-order valence-electron chi connectivity index (χ2n) is 5.31. The zero-order valence-electron chi connectivity index (χ0n) is 13.9. The Morgan fingerprint density at radius 3 is 2.57 bits per heavy atom. The highest BCUT2D eigenvalue weighted by atomic mass is 35.5. The van der Waals surface area contributed by atoms with Crippen LogP contribution in [-0.4, -0.2) is 29.0 Å². The Hall–Kier alpha value is -2.14. The van der Waals surface area contributed by atoms with Gasteiger partial charge >= 0.3 is 0 Å². The predicted molar refractivity (Wildman–Crippen MR) is 94.5 cm³/mol. The highest BCUT2D eigenvalue weighted by Gasteiger charge is 2.14. The second-order valence-corrected chi connectivity index (χ2v) is 5.71. The molecule has 122 valence electrons. The smallest absolute Gasteiger partial charge is 0.274 e. The standard InChI is InChI=1S/C17H21ClN4O/c1-5-22(6-2)17-19-8-7-14(20-17)16(23)21-15-12(4)9-11(3)10-13(15)18/h7-10H,5-6H2,1-4H3,(H,21,23). The lowest BCUT2D eigenvalue weighted by atomic mass is 10.1. The summed E-state index contributed by atoms with van der Waals surface area (Å²) in [6.45, 7) is 9.49. The average Bonchev–Trinajstić information content (AvgIpc) is 2.52. The Morgan fingerprint density at radius 1 is 1.26 bits per heavy atom. The van der Waals surface area contributed by atoms with Crippen LogP contribution in [0.25, 0.3) is 0 Å². The fourth-order valence-electron chi connectivity index (χ4n) is 2.39. The van der Waals surface area contributed by atoms with Gasteiger partial charge in [-0.15, -0.1) is 0 Å². The van der Waals surface area contributed by atoms with Crippen molar-refractivity contribution in [2.24, 2.45) is 0 Å². The molecule has 1 amide bonds. The van der Waals surface area contributed by atoms with E-state index in [9.17, 15) is 4.79 Å². The number of amides is 1. The van der Waals surface area contributed by atoms with Crippen molar-refractivity contribution in [3.8, 4) is 0 Å². The molecule has 1 heterocycles. The van der Waals surface area contributed by atoms with Crippen LogP contribution in [0, 0.1) is 13.8 Å². The molecule has 0 aliphatic heterocycles. The largest absolute Gasteiger partial charge is 0.341 e. The number of nitrogens with zero attached hydrogens (tertiary/aromatic N) is 3. The first-order chi connectivity index (χ1) is 11.0. The summed E-state index contributed by atoms with van der Waals surface area (Å²) in [7, 11) is 0. The third-order valence-corrected chi connectivity index (χ3v) is 3.89. The van der Waals surface area contributed by atoms with Crippen molar-refractivity contribution in [3.05, 3.63) is 46.2 Å². The van der Waals surface area contributed by atoms with Gasteiger partial charge in [-0.3, -0.25) is 4.79 Å². The van der Waals surface area contributed by atoms with E-state index in [-0.39, 0.29) is 5.91 Å². The number of rotatable bonds is 5. The highest BCUT2D eigenvalue weighted by Crippen LogP contribution is 2.27.